The highest BCUT2D eigenvalue weighted by Crippen LogP contribution is 2.30. The summed E-state index contributed by atoms with van der Waals surface area (Å²) < 4.78 is 18.9. The smallest absolute Gasteiger partial charge is 0.158 e. The minimum Gasteiger partial charge on any atom is -0.495 e. The fraction of sp³-hybridized carbons (Fsp3) is 0.292. The Labute approximate surface area is 190 Å². The molecule has 6 nitrogen and oxygen atoms in total. The van der Waals surface area contributed by atoms with Crippen molar-refractivity contribution < 1.29 is 19.0 Å². The second kappa shape index (κ2) is 11.4. The number of ketones is 1. The van der Waals surface area contributed by atoms with Crippen LogP contribution in [0.1, 0.15) is 37.7 Å². The highest BCUT2D eigenvalue weighted by molar-refractivity contribution is 6.31. The Balaban J connectivity index is 1.77. The Morgan fingerprint density at radius 2 is 2.06 bits per heavy atom. The van der Waals surface area contributed by atoms with Crippen LogP contribution < -0.4 is 10.1 Å². The largest absolute Gasteiger partial charge is 0.495 e. The summed E-state index contributed by atoms with van der Waals surface area (Å²) in [5.41, 5.74) is 1.97. The summed E-state index contributed by atoms with van der Waals surface area (Å²) in [6.07, 6.45) is 5.00. The van der Waals surface area contributed by atoms with Gasteiger partial charge in [0.1, 0.15) is 30.3 Å². The third-order valence-electron chi connectivity index (χ3n) is 4.80. The number of methoxy groups -OCH3 is 1. The molecule has 1 heterocycles. The van der Waals surface area contributed by atoms with Crippen LogP contribution in [-0.4, -0.2) is 34.6 Å². The number of benzene rings is 2. The molecule has 0 aliphatic carbocycles. The van der Waals surface area contributed by atoms with Crippen molar-refractivity contribution in [3.63, 3.8) is 0 Å². The molecule has 3 aromatic rings. The maximum atomic E-state index is 13.5. The average molecular weight is 456 g/mol. The van der Waals surface area contributed by atoms with Crippen LogP contribution in [0.2, 0.25) is 5.02 Å². The number of carbonyl (C=O) groups excluding carboxylic acids is 1. The predicted molar refractivity (Wildman–Crippen MR) is 123 cm³/mol. The fourth-order valence-corrected chi connectivity index (χ4v) is 3.29. The number of hydrogen-bond donors (Lipinski definition) is 2. The van der Waals surface area contributed by atoms with Crippen molar-refractivity contribution in [1.82, 2.24) is 9.97 Å². The van der Waals surface area contributed by atoms with Gasteiger partial charge in [-0.05, 0) is 37.1 Å². The zero-order chi connectivity index (χ0) is 22.9. The lowest BCUT2D eigenvalue weighted by molar-refractivity contribution is -0.121. The molecule has 0 saturated heterocycles. The quantitative estimate of drug-likeness (QED) is 0.347. The molecule has 0 amide bonds. The summed E-state index contributed by atoms with van der Waals surface area (Å²) in [4.78, 5) is 19.7. The van der Waals surface area contributed by atoms with Crippen molar-refractivity contribution >= 4 is 39.8 Å². The van der Waals surface area contributed by atoms with Gasteiger partial charge >= 0.3 is 0 Å². The molecule has 0 fully saturated rings. The van der Waals surface area contributed by atoms with E-state index in [-0.39, 0.29) is 10.8 Å². The Hall–Kier alpha value is -3.21. The molecule has 0 spiro atoms. The number of rotatable bonds is 9. The first-order chi connectivity index (χ1) is 15.5. The van der Waals surface area contributed by atoms with Crippen LogP contribution in [-0.2, 0) is 4.79 Å². The number of halogens is 2. The topological polar surface area (TPSA) is 84.3 Å². The van der Waals surface area contributed by atoms with Gasteiger partial charge in [0.2, 0.25) is 0 Å². The van der Waals surface area contributed by atoms with Gasteiger partial charge in [-0.3, -0.25) is 4.79 Å². The maximum Gasteiger partial charge on any atom is 0.158 e. The lowest BCUT2D eigenvalue weighted by atomic mass is 10.1. The van der Waals surface area contributed by atoms with Crippen molar-refractivity contribution in [3.8, 4) is 17.6 Å². The number of carbonyl (C=O) groups is 1. The number of aromatic nitrogens is 2. The average Bonchev–Trinajstić information content (AvgIpc) is 2.80. The molecular formula is C24H23ClFN3O3. The fourth-order valence-electron chi connectivity index (χ4n) is 3.11. The van der Waals surface area contributed by atoms with Crippen molar-refractivity contribution in [2.24, 2.45) is 0 Å². The van der Waals surface area contributed by atoms with Crippen molar-refractivity contribution in [3.05, 3.63) is 53.1 Å². The van der Waals surface area contributed by atoms with Gasteiger partial charge in [0.05, 0.1) is 23.2 Å². The first-order valence-electron chi connectivity index (χ1n) is 10.2. The number of hydrogen-bond acceptors (Lipinski definition) is 6. The number of nitrogens with one attached hydrogen (secondary N) is 1. The SMILES string of the molecule is COc1cc2ncnc(Nc3ccc(F)c(Cl)c3)c2cc1C#CCCCCCC(=O)CO. The van der Waals surface area contributed by atoms with E-state index in [4.69, 9.17) is 21.4 Å². The van der Waals surface area contributed by atoms with E-state index in [1.54, 1.807) is 19.2 Å². The molecular weight excluding hydrogens is 433 g/mol. The molecule has 0 aliphatic heterocycles. The molecule has 32 heavy (non-hydrogen) atoms. The van der Waals surface area contributed by atoms with Gasteiger partial charge in [0, 0.05) is 30.0 Å². The second-order valence-corrected chi connectivity index (χ2v) is 7.51. The summed E-state index contributed by atoms with van der Waals surface area (Å²) in [5, 5.41) is 12.6. The predicted octanol–water partition coefficient (Wildman–Crippen LogP) is 5.04. The van der Waals surface area contributed by atoms with E-state index in [1.807, 2.05) is 6.07 Å². The molecule has 0 radical (unpaired) electrons. The summed E-state index contributed by atoms with van der Waals surface area (Å²) in [6, 6.07) is 8.00. The summed E-state index contributed by atoms with van der Waals surface area (Å²) in [6.45, 7) is -0.393. The maximum absolute atomic E-state index is 13.5. The molecule has 1 aromatic heterocycles. The van der Waals surface area contributed by atoms with E-state index >= 15 is 0 Å². The zero-order valence-electron chi connectivity index (χ0n) is 17.6. The lowest BCUT2D eigenvalue weighted by Gasteiger charge is -2.11. The molecule has 0 aliphatic rings. The lowest BCUT2D eigenvalue weighted by Crippen LogP contribution is -2.02. The molecule has 0 saturated carbocycles. The molecule has 8 heteroatoms. The third kappa shape index (κ3) is 6.16. The van der Waals surface area contributed by atoms with Gasteiger partial charge in [-0.1, -0.05) is 29.9 Å². The number of aliphatic hydroxyl groups is 1. The van der Waals surface area contributed by atoms with E-state index in [0.29, 0.717) is 41.2 Å². The minimum absolute atomic E-state index is 0.0160. The summed E-state index contributed by atoms with van der Waals surface area (Å²) in [7, 11) is 1.57. The van der Waals surface area contributed by atoms with Crippen LogP contribution in [0.15, 0.2) is 36.7 Å². The summed E-state index contributed by atoms with van der Waals surface area (Å²) in [5.74, 6) is 6.80. The van der Waals surface area contributed by atoms with Gasteiger partial charge in [-0.25, -0.2) is 14.4 Å². The second-order valence-electron chi connectivity index (χ2n) is 7.11. The monoisotopic (exact) mass is 455 g/mol. The molecule has 3 rings (SSSR count). The zero-order valence-corrected chi connectivity index (χ0v) is 18.4. The van der Waals surface area contributed by atoms with Crippen LogP contribution in [0.3, 0.4) is 0 Å². The third-order valence-corrected chi connectivity index (χ3v) is 5.09. The normalized spacial score (nSPS) is 10.5. The number of nitrogens with zero attached hydrogens (tertiary/aromatic N) is 2. The molecule has 2 aromatic carbocycles. The highest BCUT2D eigenvalue weighted by Gasteiger charge is 2.10. The van der Waals surface area contributed by atoms with Crippen molar-refractivity contribution in [2.75, 3.05) is 19.0 Å². The molecule has 0 unspecified atom stereocenters. The van der Waals surface area contributed by atoms with E-state index in [9.17, 15) is 9.18 Å². The molecule has 2 N–H and O–H groups in total. The van der Waals surface area contributed by atoms with E-state index in [1.165, 1.54) is 18.5 Å². The van der Waals surface area contributed by atoms with Crippen LogP contribution >= 0.6 is 11.6 Å². The van der Waals surface area contributed by atoms with Gasteiger partial charge in [-0.2, -0.15) is 0 Å². The number of unbranched alkanes of at least 4 members (excludes halogenated alkanes) is 3. The van der Waals surface area contributed by atoms with E-state index in [2.05, 4.69) is 27.1 Å². The number of anilines is 2. The first-order valence-corrected chi connectivity index (χ1v) is 10.6. The van der Waals surface area contributed by atoms with Crippen LogP contribution in [0.5, 0.6) is 5.75 Å². The van der Waals surface area contributed by atoms with E-state index in [0.717, 1.165) is 24.6 Å². The standard InChI is InChI=1S/C24H23ClFN3O3/c1-32-23-13-22-19(11-16(23)7-5-3-2-4-6-8-18(31)14-30)24(28-15-27-22)29-17-9-10-21(26)20(25)12-17/h9-13,15,30H,2-4,6,8,14H2,1H3,(H,27,28,29). The van der Waals surface area contributed by atoms with Crippen molar-refractivity contribution in [2.45, 2.75) is 32.1 Å². The van der Waals surface area contributed by atoms with Crippen LogP contribution in [0.25, 0.3) is 10.9 Å². The van der Waals surface area contributed by atoms with Gasteiger partial charge in [-0.15, -0.1) is 0 Å². The minimum atomic E-state index is -0.493. The first kappa shape index (κ1) is 23.5. The highest BCUT2D eigenvalue weighted by atomic mass is 35.5. The number of aliphatic hydroxyl groups excluding tert-OH is 1. The molecule has 0 atom stereocenters. The van der Waals surface area contributed by atoms with E-state index < -0.39 is 12.4 Å². The van der Waals surface area contributed by atoms with Gasteiger partial charge < -0.3 is 15.2 Å². The Morgan fingerprint density at radius 1 is 1.22 bits per heavy atom. The Morgan fingerprint density at radius 3 is 2.81 bits per heavy atom. The van der Waals surface area contributed by atoms with Gasteiger partial charge in [0.15, 0.2) is 5.78 Å². The Kier molecular flexibility index (Phi) is 8.37. The number of Topliss-reactive ketones (excluding diaryl/α,β-unsaturated/α-hetero) is 1. The van der Waals surface area contributed by atoms with Gasteiger partial charge in [0.25, 0.3) is 0 Å². The van der Waals surface area contributed by atoms with Crippen LogP contribution in [0.4, 0.5) is 15.9 Å². The Bertz CT molecular complexity index is 1170. The van der Waals surface area contributed by atoms with Crippen molar-refractivity contribution in [1.29, 1.82) is 0 Å². The van der Waals surface area contributed by atoms with Crippen LogP contribution in [0, 0.1) is 17.7 Å². The summed E-state index contributed by atoms with van der Waals surface area (Å²) >= 11 is 5.88. The number of fused-ring (bicyclic) bond motifs is 1. The molecule has 0 bridgehead atoms. The molecule has 166 valence electrons. The number of ether oxygens (including phenoxy) is 1.